The van der Waals surface area contributed by atoms with Crippen molar-refractivity contribution < 1.29 is 14.6 Å². The second-order valence-corrected chi connectivity index (χ2v) is 4.54. The standard InChI is InChI=1S/C13H9Cl2NO3/c1-19-12-6-16-11(5-9(12)13(17)18)8-3-2-7(14)4-10(8)15/h2-6H,1H3,(H,17,18). The van der Waals surface area contributed by atoms with Crippen molar-refractivity contribution in [3.05, 3.63) is 46.1 Å². The molecule has 0 saturated carbocycles. The van der Waals surface area contributed by atoms with Gasteiger partial charge in [-0.25, -0.2) is 4.79 Å². The van der Waals surface area contributed by atoms with Gasteiger partial charge in [0.2, 0.25) is 0 Å². The van der Waals surface area contributed by atoms with Crippen LogP contribution in [0.4, 0.5) is 0 Å². The summed E-state index contributed by atoms with van der Waals surface area (Å²) in [5, 5.41) is 10.0. The van der Waals surface area contributed by atoms with E-state index in [-0.39, 0.29) is 11.3 Å². The van der Waals surface area contributed by atoms with Gasteiger partial charge in [-0.3, -0.25) is 4.98 Å². The zero-order valence-corrected chi connectivity index (χ0v) is 11.4. The third kappa shape index (κ3) is 2.80. The molecule has 2 aromatic rings. The minimum absolute atomic E-state index is 0.0264. The number of carbonyl (C=O) groups is 1. The molecule has 0 aliphatic rings. The molecule has 1 aromatic heterocycles. The Labute approximate surface area is 119 Å². The topological polar surface area (TPSA) is 59.4 Å². The molecule has 98 valence electrons. The molecule has 0 spiro atoms. The molecule has 4 nitrogen and oxygen atoms in total. The number of methoxy groups -OCH3 is 1. The van der Waals surface area contributed by atoms with E-state index in [1.807, 2.05) is 0 Å². The maximum atomic E-state index is 11.1. The predicted octanol–water partition coefficient (Wildman–Crippen LogP) is 3.76. The van der Waals surface area contributed by atoms with Crippen LogP contribution in [0.15, 0.2) is 30.5 Å². The van der Waals surface area contributed by atoms with Crippen molar-refractivity contribution in [2.24, 2.45) is 0 Å². The Morgan fingerprint density at radius 3 is 2.63 bits per heavy atom. The van der Waals surface area contributed by atoms with Crippen LogP contribution in [0.5, 0.6) is 5.75 Å². The summed E-state index contributed by atoms with van der Waals surface area (Å²) in [4.78, 5) is 15.3. The SMILES string of the molecule is COc1cnc(-c2ccc(Cl)cc2Cl)cc1C(=O)O. The fourth-order valence-corrected chi connectivity index (χ4v) is 2.12. The monoisotopic (exact) mass is 297 g/mol. The lowest BCUT2D eigenvalue weighted by atomic mass is 10.1. The summed E-state index contributed by atoms with van der Waals surface area (Å²) in [6.45, 7) is 0. The predicted molar refractivity (Wildman–Crippen MR) is 73.2 cm³/mol. The Balaban J connectivity index is 2.57. The highest BCUT2D eigenvalue weighted by molar-refractivity contribution is 6.36. The number of nitrogens with zero attached hydrogens (tertiary/aromatic N) is 1. The summed E-state index contributed by atoms with van der Waals surface area (Å²) < 4.78 is 4.95. The van der Waals surface area contributed by atoms with E-state index >= 15 is 0 Å². The van der Waals surface area contributed by atoms with Gasteiger partial charge in [-0.05, 0) is 24.3 Å². The van der Waals surface area contributed by atoms with Crippen molar-refractivity contribution >= 4 is 29.2 Å². The first kappa shape index (κ1) is 13.6. The highest BCUT2D eigenvalue weighted by Gasteiger charge is 2.14. The average molecular weight is 298 g/mol. The summed E-state index contributed by atoms with van der Waals surface area (Å²) >= 11 is 11.9. The molecule has 2 rings (SSSR count). The summed E-state index contributed by atoms with van der Waals surface area (Å²) in [5.41, 5.74) is 1.08. The lowest BCUT2D eigenvalue weighted by Gasteiger charge is -2.08. The van der Waals surface area contributed by atoms with Crippen molar-refractivity contribution in [3.8, 4) is 17.0 Å². The van der Waals surface area contributed by atoms with Crippen LogP contribution in [0.1, 0.15) is 10.4 Å². The molecule has 0 bridgehead atoms. The van der Waals surface area contributed by atoms with E-state index in [1.165, 1.54) is 19.4 Å². The zero-order valence-electron chi connectivity index (χ0n) is 9.85. The fraction of sp³-hybridized carbons (Fsp3) is 0.0769. The molecular weight excluding hydrogens is 289 g/mol. The maximum absolute atomic E-state index is 11.1. The van der Waals surface area contributed by atoms with E-state index in [2.05, 4.69) is 4.98 Å². The summed E-state index contributed by atoms with van der Waals surface area (Å²) in [5.74, 6) is -0.896. The van der Waals surface area contributed by atoms with E-state index < -0.39 is 5.97 Å². The third-order valence-corrected chi connectivity index (χ3v) is 3.07. The minimum Gasteiger partial charge on any atom is -0.494 e. The first-order chi connectivity index (χ1) is 9.02. The zero-order chi connectivity index (χ0) is 14.0. The van der Waals surface area contributed by atoms with Gasteiger partial charge in [0.25, 0.3) is 0 Å². The van der Waals surface area contributed by atoms with Gasteiger partial charge in [0, 0.05) is 10.6 Å². The summed E-state index contributed by atoms with van der Waals surface area (Å²) in [6, 6.07) is 6.33. The first-order valence-corrected chi connectivity index (χ1v) is 6.01. The molecule has 6 heteroatoms. The Morgan fingerprint density at radius 1 is 1.32 bits per heavy atom. The van der Waals surface area contributed by atoms with Crippen LogP contribution in [0.2, 0.25) is 10.0 Å². The Morgan fingerprint density at radius 2 is 2.05 bits per heavy atom. The lowest BCUT2D eigenvalue weighted by molar-refractivity contribution is 0.0693. The number of aromatic nitrogens is 1. The number of benzene rings is 1. The smallest absolute Gasteiger partial charge is 0.339 e. The number of ether oxygens (including phenoxy) is 1. The fourth-order valence-electron chi connectivity index (χ4n) is 1.62. The first-order valence-electron chi connectivity index (χ1n) is 5.25. The van der Waals surface area contributed by atoms with Crippen molar-refractivity contribution in [1.82, 2.24) is 4.98 Å². The van der Waals surface area contributed by atoms with Gasteiger partial charge in [0.15, 0.2) is 5.75 Å². The number of hydrogen-bond acceptors (Lipinski definition) is 3. The van der Waals surface area contributed by atoms with Crippen LogP contribution in [0.25, 0.3) is 11.3 Å². The van der Waals surface area contributed by atoms with Crippen molar-refractivity contribution in [3.63, 3.8) is 0 Å². The number of hydrogen-bond donors (Lipinski definition) is 1. The van der Waals surface area contributed by atoms with Crippen molar-refractivity contribution in [1.29, 1.82) is 0 Å². The highest BCUT2D eigenvalue weighted by Crippen LogP contribution is 2.31. The number of rotatable bonds is 3. The Hall–Kier alpha value is -1.78. The van der Waals surface area contributed by atoms with Gasteiger partial charge in [-0.2, -0.15) is 0 Å². The van der Waals surface area contributed by atoms with Crippen LogP contribution in [-0.4, -0.2) is 23.2 Å². The number of aromatic carboxylic acids is 1. The van der Waals surface area contributed by atoms with Gasteiger partial charge in [-0.1, -0.05) is 23.2 Å². The molecule has 0 amide bonds. The second kappa shape index (κ2) is 5.47. The minimum atomic E-state index is -1.09. The molecule has 0 atom stereocenters. The van der Waals surface area contributed by atoms with Crippen LogP contribution in [0, 0.1) is 0 Å². The average Bonchev–Trinajstić information content (AvgIpc) is 2.38. The molecule has 0 aliphatic carbocycles. The van der Waals surface area contributed by atoms with Gasteiger partial charge in [0.05, 0.1) is 24.0 Å². The molecule has 0 unspecified atom stereocenters. The normalized spacial score (nSPS) is 10.3. The largest absolute Gasteiger partial charge is 0.494 e. The second-order valence-electron chi connectivity index (χ2n) is 3.70. The van der Waals surface area contributed by atoms with Crippen molar-refractivity contribution in [2.75, 3.05) is 7.11 Å². The van der Waals surface area contributed by atoms with E-state index in [4.69, 9.17) is 33.0 Å². The Bertz CT molecular complexity index is 644. The van der Waals surface area contributed by atoms with Gasteiger partial charge >= 0.3 is 5.97 Å². The molecule has 1 aromatic carbocycles. The van der Waals surface area contributed by atoms with E-state index in [0.717, 1.165) is 0 Å². The van der Waals surface area contributed by atoms with Crippen LogP contribution < -0.4 is 4.74 Å². The molecule has 0 fully saturated rings. The van der Waals surface area contributed by atoms with Crippen LogP contribution >= 0.6 is 23.2 Å². The Kier molecular flexibility index (Phi) is 3.93. The molecule has 19 heavy (non-hydrogen) atoms. The quantitative estimate of drug-likeness (QED) is 0.937. The van der Waals surface area contributed by atoms with Gasteiger partial charge in [0.1, 0.15) is 5.56 Å². The van der Waals surface area contributed by atoms with E-state index in [1.54, 1.807) is 18.2 Å². The lowest BCUT2D eigenvalue weighted by Crippen LogP contribution is -2.02. The maximum Gasteiger partial charge on any atom is 0.339 e. The molecular formula is C13H9Cl2NO3. The van der Waals surface area contributed by atoms with Crippen LogP contribution in [0.3, 0.4) is 0 Å². The molecule has 0 aliphatic heterocycles. The third-order valence-electron chi connectivity index (χ3n) is 2.52. The molecule has 1 N–H and O–H groups in total. The molecule has 0 radical (unpaired) electrons. The molecule has 0 saturated heterocycles. The number of carboxylic acid groups (broad SMARTS) is 1. The van der Waals surface area contributed by atoms with E-state index in [0.29, 0.717) is 21.3 Å². The highest BCUT2D eigenvalue weighted by atomic mass is 35.5. The summed E-state index contributed by atoms with van der Waals surface area (Å²) in [6.07, 6.45) is 1.35. The number of halogens is 2. The number of carboxylic acids is 1. The van der Waals surface area contributed by atoms with Gasteiger partial charge in [-0.15, -0.1) is 0 Å². The molecule has 1 heterocycles. The summed E-state index contributed by atoms with van der Waals surface area (Å²) in [7, 11) is 1.39. The van der Waals surface area contributed by atoms with Crippen molar-refractivity contribution in [2.45, 2.75) is 0 Å². The number of pyridine rings is 1. The van der Waals surface area contributed by atoms with E-state index in [9.17, 15) is 4.79 Å². The van der Waals surface area contributed by atoms with Gasteiger partial charge < -0.3 is 9.84 Å². The van der Waals surface area contributed by atoms with Crippen LogP contribution in [-0.2, 0) is 0 Å².